The SMILES string of the molecule is COc1cnc(N2CCC(C3C[C@H]3CCOc3cc(F)c(CC(=O)N(C)C)c(F)c3)CC2)nc1. The quantitative estimate of drug-likeness (QED) is 0.552. The van der Waals surface area contributed by atoms with E-state index in [0.717, 1.165) is 38.3 Å². The molecule has 1 aromatic heterocycles. The number of amides is 1. The molecule has 1 unspecified atom stereocenters. The van der Waals surface area contributed by atoms with E-state index in [4.69, 9.17) is 9.47 Å². The molecular weight excluding hydrogens is 442 g/mol. The normalized spacial score (nSPS) is 20.2. The highest BCUT2D eigenvalue weighted by Gasteiger charge is 2.43. The fraction of sp³-hybridized carbons (Fsp3) is 0.560. The molecule has 1 aliphatic carbocycles. The number of anilines is 1. The highest BCUT2D eigenvalue weighted by Crippen LogP contribution is 2.49. The van der Waals surface area contributed by atoms with Crippen molar-refractivity contribution in [1.82, 2.24) is 14.9 Å². The van der Waals surface area contributed by atoms with Crippen LogP contribution in [0.4, 0.5) is 14.7 Å². The summed E-state index contributed by atoms with van der Waals surface area (Å²) in [5, 5.41) is 0. The summed E-state index contributed by atoms with van der Waals surface area (Å²) in [5.41, 5.74) is -0.223. The largest absolute Gasteiger partial charge is 0.494 e. The number of methoxy groups -OCH3 is 1. The first kappa shape index (κ1) is 24.2. The molecular formula is C25H32F2N4O3. The summed E-state index contributed by atoms with van der Waals surface area (Å²) >= 11 is 0. The van der Waals surface area contributed by atoms with Crippen molar-refractivity contribution in [3.05, 3.63) is 41.7 Å². The summed E-state index contributed by atoms with van der Waals surface area (Å²) < 4.78 is 39.4. The van der Waals surface area contributed by atoms with Crippen molar-refractivity contribution in [2.45, 2.75) is 32.1 Å². The molecule has 2 heterocycles. The number of carbonyl (C=O) groups excluding carboxylic acids is 1. The van der Waals surface area contributed by atoms with Crippen LogP contribution in [-0.4, -0.2) is 61.7 Å². The first-order chi connectivity index (χ1) is 16.4. The maximum Gasteiger partial charge on any atom is 0.226 e. The molecule has 0 bridgehead atoms. The van der Waals surface area contributed by atoms with Gasteiger partial charge in [0, 0.05) is 44.9 Å². The van der Waals surface area contributed by atoms with E-state index in [-0.39, 0.29) is 23.6 Å². The first-order valence-corrected chi connectivity index (χ1v) is 11.8. The number of likely N-dealkylation sites (N-methyl/N-ethyl adjacent to an activating group) is 1. The van der Waals surface area contributed by atoms with Crippen LogP contribution >= 0.6 is 0 Å². The summed E-state index contributed by atoms with van der Waals surface area (Å²) in [4.78, 5) is 24.1. The van der Waals surface area contributed by atoms with E-state index in [1.54, 1.807) is 33.6 Å². The molecule has 9 heteroatoms. The number of ether oxygens (including phenoxy) is 2. The van der Waals surface area contributed by atoms with Crippen molar-refractivity contribution in [1.29, 1.82) is 0 Å². The number of nitrogens with zero attached hydrogens (tertiary/aromatic N) is 4. The molecule has 1 saturated heterocycles. The zero-order valence-corrected chi connectivity index (χ0v) is 20.0. The molecule has 2 atom stereocenters. The highest BCUT2D eigenvalue weighted by atomic mass is 19.1. The number of hydrogen-bond donors (Lipinski definition) is 0. The Hall–Kier alpha value is -2.97. The number of piperidine rings is 1. The second kappa shape index (κ2) is 10.5. The lowest BCUT2D eigenvalue weighted by molar-refractivity contribution is -0.128. The molecule has 1 saturated carbocycles. The second-order valence-electron chi connectivity index (χ2n) is 9.37. The molecule has 0 radical (unpaired) electrons. The zero-order valence-electron chi connectivity index (χ0n) is 20.0. The highest BCUT2D eigenvalue weighted by molar-refractivity contribution is 5.78. The fourth-order valence-electron chi connectivity index (χ4n) is 4.76. The predicted molar refractivity (Wildman–Crippen MR) is 124 cm³/mol. The topological polar surface area (TPSA) is 67.8 Å². The summed E-state index contributed by atoms with van der Waals surface area (Å²) in [6.07, 6.45) is 7.36. The second-order valence-corrected chi connectivity index (χ2v) is 9.37. The van der Waals surface area contributed by atoms with Gasteiger partial charge in [-0.2, -0.15) is 0 Å². The number of carbonyl (C=O) groups is 1. The minimum absolute atomic E-state index is 0.168. The van der Waals surface area contributed by atoms with E-state index >= 15 is 0 Å². The van der Waals surface area contributed by atoms with Crippen LogP contribution in [0.25, 0.3) is 0 Å². The van der Waals surface area contributed by atoms with Crippen LogP contribution in [0, 0.1) is 29.4 Å². The van der Waals surface area contributed by atoms with Gasteiger partial charge in [0.25, 0.3) is 0 Å². The molecule has 0 N–H and O–H groups in total. The molecule has 2 aliphatic rings. The molecule has 1 aliphatic heterocycles. The Balaban J connectivity index is 1.20. The number of aromatic nitrogens is 2. The molecule has 4 rings (SSSR count). The van der Waals surface area contributed by atoms with Crippen molar-refractivity contribution >= 4 is 11.9 Å². The molecule has 2 aromatic rings. The van der Waals surface area contributed by atoms with Gasteiger partial charge in [-0.15, -0.1) is 0 Å². The van der Waals surface area contributed by atoms with Gasteiger partial charge in [-0.05, 0) is 43.4 Å². The Kier molecular flexibility index (Phi) is 7.48. The van der Waals surface area contributed by atoms with Crippen molar-refractivity contribution < 1.29 is 23.0 Å². The standard InChI is InChI=1S/C25H32F2N4O3/c1-30(2)24(32)13-21-22(26)11-18(12-23(21)27)34-9-6-17-10-20(17)16-4-7-31(8-5-16)25-28-14-19(33-3)15-29-25/h11-12,14-17,20H,4-10,13H2,1-3H3/t17-,20?/m1/s1. The van der Waals surface area contributed by atoms with Gasteiger partial charge in [-0.25, -0.2) is 18.7 Å². The van der Waals surface area contributed by atoms with Crippen LogP contribution in [0.5, 0.6) is 11.5 Å². The van der Waals surface area contributed by atoms with Crippen LogP contribution in [0.15, 0.2) is 24.5 Å². The Morgan fingerprint density at radius 2 is 1.76 bits per heavy atom. The van der Waals surface area contributed by atoms with Crippen molar-refractivity contribution in [3.8, 4) is 11.5 Å². The lowest BCUT2D eigenvalue weighted by atomic mass is 9.90. The van der Waals surface area contributed by atoms with E-state index in [9.17, 15) is 13.6 Å². The molecule has 34 heavy (non-hydrogen) atoms. The van der Waals surface area contributed by atoms with Gasteiger partial charge in [0.15, 0.2) is 5.75 Å². The average molecular weight is 475 g/mol. The van der Waals surface area contributed by atoms with Gasteiger partial charge in [0.1, 0.15) is 17.4 Å². The minimum Gasteiger partial charge on any atom is -0.494 e. The van der Waals surface area contributed by atoms with Crippen molar-refractivity contribution in [2.24, 2.45) is 17.8 Å². The Labute approximate surface area is 199 Å². The van der Waals surface area contributed by atoms with Gasteiger partial charge < -0.3 is 19.3 Å². The fourth-order valence-corrected chi connectivity index (χ4v) is 4.76. The van der Waals surface area contributed by atoms with Crippen LogP contribution in [-0.2, 0) is 11.2 Å². The summed E-state index contributed by atoms with van der Waals surface area (Å²) in [6, 6.07) is 2.34. The van der Waals surface area contributed by atoms with Crippen LogP contribution in [0.2, 0.25) is 0 Å². The van der Waals surface area contributed by atoms with Gasteiger partial charge in [-0.1, -0.05) is 0 Å². The van der Waals surface area contributed by atoms with Gasteiger partial charge in [0.2, 0.25) is 11.9 Å². The zero-order chi connectivity index (χ0) is 24.2. The number of hydrogen-bond acceptors (Lipinski definition) is 6. The summed E-state index contributed by atoms with van der Waals surface area (Å²) in [7, 11) is 4.71. The molecule has 2 fully saturated rings. The maximum absolute atomic E-state index is 14.3. The number of halogens is 2. The number of rotatable bonds is 9. The Morgan fingerprint density at radius 1 is 1.12 bits per heavy atom. The summed E-state index contributed by atoms with van der Waals surface area (Å²) in [6.45, 7) is 2.31. The number of benzene rings is 1. The van der Waals surface area contributed by atoms with E-state index in [1.165, 1.54) is 23.5 Å². The lowest BCUT2D eigenvalue weighted by Gasteiger charge is -2.32. The molecule has 0 spiro atoms. The van der Waals surface area contributed by atoms with E-state index in [2.05, 4.69) is 14.9 Å². The third-order valence-electron chi connectivity index (χ3n) is 6.95. The Morgan fingerprint density at radius 3 is 2.35 bits per heavy atom. The smallest absolute Gasteiger partial charge is 0.226 e. The van der Waals surface area contributed by atoms with Crippen LogP contribution in [0.3, 0.4) is 0 Å². The van der Waals surface area contributed by atoms with Crippen LogP contribution < -0.4 is 14.4 Å². The van der Waals surface area contributed by atoms with E-state index < -0.39 is 11.6 Å². The third kappa shape index (κ3) is 5.74. The van der Waals surface area contributed by atoms with Gasteiger partial charge in [-0.3, -0.25) is 4.79 Å². The van der Waals surface area contributed by atoms with Gasteiger partial charge >= 0.3 is 0 Å². The van der Waals surface area contributed by atoms with Crippen LogP contribution in [0.1, 0.15) is 31.2 Å². The maximum atomic E-state index is 14.3. The van der Waals surface area contributed by atoms with Crippen molar-refractivity contribution in [3.63, 3.8) is 0 Å². The molecule has 1 amide bonds. The lowest BCUT2D eigenvalue weighted by Crippen LogP contribution is -2.35. The molecule has 184 valence electrons. The average Bonchev–Trinajstić information content (AvgIpc) is 3.61. The summed E-state index contributed by atoms with van der Waals surface area (Å²) in [5.74, 6) is 1.69. The van der Waals surface area contributed by atoms with Gasteiger partial charge in [0.05, 0.1) is 32.5 Å². The monoisotopic (exact) mass is 474 g/mol. The Bertz CT molecular complexity index is 971. The van der Waals surface area contributed by atoms with E-state index in [1.807, 2.05) is 0 Å². The predicted octanol–water partition coefficient (Wildman–Crippen LogP) is 3.72. The van der Waals surface area contributed by atoms with E-state index in [0.29, 0.717) is 30.1 Å². The molecule has 1 aromatic carbocycles. The molecule has 7 nitrogen and oxygen atoms in total. The van der Waals surface area contributed by atoms with Crippen molar-refractivity contribution in [2.75, 3.05) is 45.8 Å². The third-order valence-corrected chi connectivity index (χ3v) is 6.95. The minimum atomic E-state index is -0.748. The first-order valence-electron chi connectivity index (χ1n) is 11.8.